The van der Waals surface area contributed by atoms with Crippen LogP contribution in [0.5, 0.6) is 0 Å². The molecule has 1 heterocycles. The molecule has 2 heteroatoms. The third kappa shape index (κ3) is 1.32. The third-order valence-corrected chi connectivity index (χ3v) is 2.65. The molecular weight excluding hydrogens is 138 g/mol. The van der Waals surface area contributed by atoms with Gasteiger partial charge in [0.2, 0.25) is 0 Å². The molecule has 0 bridgehead atoms. The smallest absolute Gasteiger partial charge is 0.144 e. The van der Waals surface area contributed by atoms with E-state index in [1.54, 1.807) is 0 Å². The molecule has 2 nitrogen and oxygen atoms in total. The molecule has 0 aliphatic carbocycles. The molecule has 11 heavy (non-hydrogen) atoms. The molecule has 1 saturated heterocycles. The Labute approximate surface area is 68.4 Å². The lowest BCUT2D eigenvalue weighted by Gasteiger charge is -2.41. The Bertz CT molecular complexity index is 153. The van der Waals surface area contributed by atoms with Gasteiger partial charge in [0.05, 0.1) is 5.41 Å². The van der Waals surface area contributed by atoms with Crippen LogP contribution in [0.25, 0.3) is 0 Å². The van der Waals surface area contributed by atoms with Crippen LogP contribution in [0.15, 0.2) is 0 Å². The largest absolute Gasteiger partial charge is 0.315 e. The Morgan fingerprint density at radius 3 is 2.18 bits per heavy atom. The molecule has 0 amide bonds. The van der Waals surface area contributed by atoms with Crippen LogP contribution in [0.2, 0.25) is 0 Å². The maximum Gasteiger partial charge on any atom is 0.144 e. The summed E-state index contributed by atoms with van der Waals surface area (Å²) in [5, 5.41) is 3.17. The first-order valence-electron chi connectivity index (χ1n) is 4.37. The van der Waals surface area contributed by atoms with Crippen LogP contribution in [-0.4, -0.2) is 18.9 Å². The van der Waals surface area contributed by atoms with Crippen molar-refractivity contribution in [1.29, 1.82) is 0 Å². The van der Waals surface area contributed by atoms with E-state index in [2.05, 4.69) is 12.2 Å². The summed E-state index contributed by atoms with van der Waals surface area (Å²) in [6, 6.07) is 0. The number of ketones is 1. The van der Waals surface area contributed by atoms with Crippen LogP contribution < -0.4 is 5.32 Å². The van der Waals surface area contributed by atoms with Crippen molar-refractivity contribution in [1.82, 2.24) is 5.32 Å². The zero-order valence-corrected chi connectivity index (χ0v) is 7.61. The van der Waals surface area contributed by atoms with Gasteiger partial charge in [-0.25, -0.2) is 0 Å². The van der Waals surface area contributed by atoms with Crippen LogP contribution in [0.3, 0.4) is 0 Å². The summed E-state index contributed by atoms with van der Waals surface area (Å²) in [5.41, 5.74) is -0.00579. The highest BCUT2D eigenvalue weighted by Crippen LogP contribution is 2.30. The van der Waals surface area contributed by atoms with Crippen molar-refractivity contribution in [2.75, 3.05) is 13.1 Å². The predicted octanol–water partition coefficient (Wildman–Crippen LogP) is 1.21. The molecule has 1 N–H and O–H groups in total. The summed E-state index contributed by atoms with van der Waals surface area (Å²) in [7, 11) is 0. The van der Waals surface area contributed by atoms with Gasteiger partial charge in [0, 0.05) is 19.0 Å². The molecule has 0 aromatic heterocycles. The minimum Gasteiger partial charge on any atom is -0.315 e. The predicted molar refractivity (Wildman–Crippen MR) is 45.4 cm³/mol. The van der Waals surface area contributed by atoms with E-state index in [4.69, 9.17) is 0 Å². The lowest BCUT2D eigenvalue weighted by atomic mass is 9.72. The quantitative estimate of drug-likeness (QED) is 0.663. The number of hydrogen-bond donors (Lipinski definition) is 1. The third-order valence-electron chi connectivity index (χ3n) is 2.65. The number of rotatable bonds is 3. The van der Waals surface area contributed by atoms with E-state index in [-0.39, 0.29) is 11.3 Å². The van der Waals surface area contributed by atoms with Crippen molar-refractivity contribution in [3.8, 4) is 0 Å². The Hall–Kier alpha value is -0.370. The van der Waals surface area contributed by atoms with Crippen molar-refractivity contribution in [2.24, 2.45) is 11.3 Å². The Morgan fingerprint density at radius 1 is 1.55 bits per heavy atom. The van der Waals surface area contributed by atoms with Gasteiger partial charge in [-0.2, -0.15) is 0 Å². The molecule has 0 atom stereocenters. The standard InChI is InChI=1S/C9H17NO/c1-4-9(5-10-6-9)8(11)7(2)3/h7,10H,4-6H2,1-3H3. The number of hydrogen-bond acceptors (Lipinski definition) is 2. The van der Waals surface area contributed by atoms with E-state index < -0.39 is 0 Å². The summed E-state index contributed by atoms with van der Waals surface area (Å²) in [4.78, 5) is 11.6. The zero-order valence-electron chi connectivity index (χ0n) is 7.61. The van der Waals surface area contributed by atoms with Gasteiger partial charge >= 0.3 is 0 Å². The van der Waals surface area contributed by atoms with E-state index in [1.807, 2.05) is 13.8 Å². The van der Waals surface area contributed by atoms with Crippen LogP contribution >= 0.6 is 0 Å². The van der Waals surface area contributed by atoms with E-state index in [0.717, 1.165) is 19.5 Å². The van der Waals surface area contributed by atoms with Crippen molar-refractivity contribution in [2.45, 2.75) is 27.2 Å². The molecule has 0 saturated carbocycles. The molecular formula is C9H17NO. The van der Waals surface area contributed by atoms with Gasteiger partial charge in [-0.05, 0) is 6.42 Å². The molecule has 64 valence electrons. The molecule has 0 radical (unpaired) electrons. The van der Waals surface area contributed by atoms with E-state index in [9.17, 15) is 4.79 Å². The number of Topliss-reactive ketones (excluding diaryl/α,β-unsaturated/α-hetero) is 1. The van der Waals surface area contributed by atoms with Gasteiger partial charge in [0.25, 0.3) is 0 Å². The molecule has 0 unspecified atom stereocenters. The Morgan fingerprint density at radius 2 is 2.09 bits per heavy atom. The second kappa shape index (κ2) is 2.94. The van der Waals surface area contributed by atoms with E-state index in [1.165, 1.54) is 0 Å². The molecule has 0 aromatic rings. The van der Waals surface area contributed by atoms with Crippen LogP contribution in [0.4, 0.5) is 0 Å². The van der Waals surface area contributed by atoms with Gasteiger partial charge in [-0.15, -0.1) is 0 Å². The highest BCUT2D eigenvalue weighted by Gasteiger charge is 2.42. The summed E-state index contributed by atoms with van der Waals surface area (Å²) < 4.78 is 0. The van der Waals surface area contributed by atoms with Gasteiger partial charge < -0.3 is 5.32 Å². The van der Waals surface area contributed by atoms with Crippen molar-refractivity contribution in [3.63, 3.8) is 0 Å². The second-order valence-electron chi connectivity index (χ2n) is 3.76. The fourth-order valence-electron chi connectivity index (χ4n) is 1.64. The average Bonchev–Trinajstić information content (AvgIpc) is 1.86. The summed E-state index contributed by atoms with van der Waals surface area (Å²) in [5.74, 6) is 0.621. The van der Waals surface area contributed by atoms with Crippen LogP contribution in [-0.2, 0) is 4.79 Å². The van der Waals surface area contributed by atoms with Gasteiger partial charge in [-0.1, -0.05) is 20.8 Å². The highest BCUT2D eigenvalue weighted by molar-refractivity contribution is 5.87. The number of carbonyl (C=O) groups is 1. The van der Waals surface area contributed by atoms with Crippen LogP contribution in [0.1, 0.15) is 27.2 Å². The van der Waals surface area contributed by atoms with Crippen molar-refractivity contribution in [3.05, 3.63) is 0 Å². The maximum absolute atomic E-state index is 11.6. The Kier molecular flexibility index (Phi) is 2.33. The first-order chi connectivity index (χ1) is 5.12. The topological polar surface area (TPSA) is 29.1 Å². The molecule has 1 rings (SSSR count). The molecule has 1 aliphatic rings. The molecule has 0 aromatic carbocycles. The number of nitrogens with one attached hydrogen (secondary N) is 1. The van der Waals surface area contributed by atoms with Gasteiger partial charge in [0.15, 0.2) is 0 Å². The highest BCUT2D eigenvalue weighted by atomic mass is 16.1. The average molecular weight is 155 g/mol. The minimum atomic E-state index is -0.00579. The lowest BCUT2D eigenvalue weighted by molar-refractivity contribution is -0.135. The maximum atomic E-state index is 11.6. The van der Waals surface area contributed by atoms with E-state index in [0.29, 0.717) is 5.78 Å². The van der Waals surface area contributed by atoms with Crippen molar-refractivity contribution >= 4 is 5.78 Å². The monoisotopic (exact) mass is 155 g/mol. The molecule has 1 fully saturated rings. The zero-order chi connectivity index (χ0) is 8.48. The lowest BCUT2D eigenvalue weighted by Crippen LogP contribution is -2.58. The number of carbonyl (C=O) groups excluding carboxylic acids is 1. The normalized spacial score (nSPS) is 21.5. The second-order valence-corrected chi connectivity index (χ2v) is 3.76. The van der Waals surface area contributed by atoms with E-state index >= 15 is 0 Å². The van der Waals surface area contributed by atoms with Crippen molar-refractivity contribution < 1.29 is 4.79 Å². The minimum absolute atomic E-state index is 0.00579. The molecule has 1 aliphatic heterocycles. The molecule has 0 spiro atoms. The van der Waals surface area contributed by atoms with Gasteiger partial charge in [-0.3, -0.25) is 4.79 Å². The van der Waals surface area contributed by atoms with Gasteiger partial charge in [0.1, 0.15) is 5.78 Å². The fraction of sp³-hybridized carbons (Fsp3) is 0.889. The summed E-state index contributed by atoms with van der Waals surface area (Å²) in [6.07, 6.45) is 0.983. The summed E-state index contributed by atoms with van der Waals surface area (Å²) >= 11 is 0. The SMILES string of the molecule is CCC1(C(=O)C(C)C)CNC1. The summed E-state index contributed by atoms with van der Waals surface area (Å²) in [6.45, 7) is 7.85. The first kappa shape index (κ1) is 8.72. The Balaban J connectivity index is 2.62. The first-order valence-corrected chi connectivity index (χ1v) is 4.37. The van der Waals surface area contributed by atoms with Crippen LogP contribution in [0, 0.1) is 11.3 Å². The fourth-order valence-corrected chi connectivity index (χ4v) is 1.64.